The SMILES string of the molecule is CCOc1ccc(C(C#N)CC)cc1OCC. The summed E-state index contributed by atoms with van der Waals surface area (Å²) in [5, 5.41) is 9.05. The van der Waals surface area contributed by atoms with Crippen LogP contribution in [0.3, 0.4) is 0 Å². The highest BCUT2D eigenvalue weighted by Gasteiger charge is 2.12. The largest absolute Gasteiger partial charge is 0.490 e. The lowest BCUT2D eigenvalue weighted by Crippen LogP contribution is -2.01. The van der Waals surface area contributed by atoms with Crippen LogP contribution in [0.5, 0.6) is 11.5 Å². The summed E-state index contributed by atoms with van der Waals surface area (Å²) in [6.07, 6.45) is 0.802. The molecule has 0 aliphatic carbocycles. The van der Waals surface area contributed by atoms with Crippen molar-refractivity contribution in [1.29, 1.82) is 5.26 Å². The van der Waals surface area contributed by atoms with E-state index in [1.165, 1.54) is 0 Å². The first-order valence-corrected chi connectivity index (χ1v) is 6.05. The lowest BCUT2D eigenvalue weighted by atomic mass is 9.98. The first-order valence-electron chi connectivity index (χ1n) is 6.05. The second-order valence-corrected chi connectivity index (χ2v) is 3.66. The van der Waals surface area contributed by atoms with Crippen molar-refractivity contribution >= 4 is 0 Å². The minimum atomic E-state index is -0.0788. The molecule has 0 radical (unpaired) electrons. The maximum atomic E-state index is 9.05. The minimum Gasteiger partial charge on any atom is -0.490 e. The van der Waals surface area contributed by atoms with Crippen molar-refractivity contribution in [3.63, 3.8) is 0 Å². The normalized spacial score (nSPS) is 11.6. The van der Waals surface area contributed by atoms with Crippen LogP contribution in [0.1, 0.15) is 38.7 Å². The van der Waals surface area contributed by atoms with Gasteiger partial charge in [0, 0.05) is 0 Å². The van der Waals surface area contributed by atoms with Crippen LogP contribution in [0.25, 0.3) is 0 Å². The smallest absolute Gasteiger partial charge is 0.161 e. The fourth-order valence-corrected chi connectivity index (χ4v) is 1.69. The summed E-state index contributed by atoms with van der Waals surface area (Å²) in [6.45, 7) is 7.07. The number of rotatable bonds is 6. The van der Waals surface area contributed by atoms with E-state index in [0.29, 0.717) is 13.2 Å². The van der Waals surface area contributed by atoms with Crippen molar-refractivity contribution in [3.8, 4) is 17.6 Å². The van der Waals surface area contributed by atoms with Crippen LogP contribution in [0.2, 0.25) is 0 Å². The Labute approximate surface area is 103 Å². The van der Waals surface area contributed by atoms with E-state index in [2.05, 4.69) is 6.07 Å². The second kappa shape index (κ2) is 6.80. The van der Waals surface area contributed by atoms with Crippen molar-refractivity contribution in [2.45, 2.75) is 33.1 Å². The van der Waals surface area contributed by atoms with Gasteiger partial charge in [-0.3, -0.25) is 0 Å². The highest BCUT2D eigenvalue weighted by molar-refractivity contribution is 5.45. The second-order valence-electron chi connectivity index (χ2n) is 3.66. The number of nitrogens with zero attached hydrogens (tertiary/aromatic N) is 1. The summed E-state index contributed by atoms with van der Waals surface area (Å²) in [4.78, 5) is 0. The summed E-state index contributed by atoms with van der Waals surface area (Å²) < 4.78 is 11.0. The van der Waals surface area contributed by atoms with Crippen LogP contribution >= 0.6 is 0 Å². The van der Waals surface area contributed by atoms with Gasteiger partial charge in [0.25, 0.3) is 0 Å². The Morgan fingerprint density at radius 2 is 1.76 bits per heavy atom. The number of hydrogen-bond acceptors (Lipinski definition) is 3. The van der Waals surface area contributed by atoms with Crippen molar-refractivity contribution in [3.05, 3.63) is 23.8 Å². The Bertz CT molecular complexity index is 396. The van der Waals surface area contributed by atoms with Gasteiger partial charge in [-0.15, -0.1) is 0 Å². The van der Waals surface area contributed by atoms with Gasteiger partial charge in [-0.1, -0.05) is 13.0 Å². The van der Waals surface area contributed by atoms with Gasteiger partial charge in [0.2, 0.25) is 0 Å². The summed E-state index contributed by atoms with van der Waals surface area (Å²) in [6, 6.07) is 8.02. The molecule has 1 atom stereocenters. The fraction of sp³-hybridized carbons (Fsp3) is 0.500. The molecule has 1 aromatic rings. The zero-order chi connectivity index (χ0) is 12.7. The highest BCUT2D eigenvalue weighted by Crippen LogP contribution is 2.32. The quantitative estimate of drug-likeness (QED) is 0.755. The van der Waals surface area contributed by atoms with Crippen molar-refractivity contribution < 1.29 is 9.47 Å². The van der Waals surface area contributed by atoms with Gasteiger partial charge in [-0.25, -0.2) is 0 Å². The van der Waals surface area contributed by atoms with Gasteiger partial charge in [-0.2, -0.15) is 5.26 Å². The molecule has 0 N–H and O–H groups in total. The molecule has 1 unspecified atom stereocenters. The molecule has 3 heteroatoms. The molecule has 0 fully saturated rings. The fourth-order valence-electron chi connectivity index (χ4n) is 1.69. The highest BCUT2D eigenvalue weighted by atomic mass is 16.5. The number of ether oxygens (including phenoxy) is 2. The van der Waals surface area contributed by atoms with E-state index in [-0.39, 0.29) is 5.92 Å². The molecule has 0 saturated carbocycles. The topological polar surface area (TPSA) is 42.2 Å². The molecule has 0 spiro atoms. The predicted octanol–water partition coefficient (Wildman–Crippen LogP) is 3.50. The van der Waals surface area contributed by atoms with Gasteiger partial charge >= 0.3 is 0 Å². The minimum absolute atomic E-state index is 0.0788. The molecule has 3 nitrogen and oxygen atoms in total. The molecule has 1 rings (SSSR count). The molecule has 0 heterocycles. The lowest BCUT2D eigenvalue weighted by molar-refractivity contribution is 0.287. The molecule has 1 aromatic carbocycles. The average molecular weight is 233 g/mol. The monoisotopic (exact) mass is 233 g/mol. The van der Waals surface area contributed by atoms with Crippen LogP contribution < -0.4 is 9.47 Å². The van der Waals surface area contributed by atoms with Crippen molar-refractivity contribution in [2.24, 2.45) is 0 Å². The molecular formula is C14H19NO2. The molecular weight excluding hydrogens is 214 g/mol. The first kappa shape index (κ1) is 13.4. The zero-order valence-electron chi connectivity index (χ0n) is 10.7. The number of benzene rings is 1. The number of nitriles is 1. The standard InChI is InChI=1S/C14H19NO2/c1-4-11(10-15)12-7-8-13(16-5-2)14(9-12)17-6-3/h7-9,11H,4-6H2,1-3H3. The Morgan fingerprint density at radius 1 is 1.12 bits per heavy atom. The summed E-state index contributed by atoms with van der Waals surface area (Å²) in [5.41, 5.74) is 0.988. The predicted molar refractivity (Wildman–Crippen MR) is 67.4 cm³/mol. The summed E-state index contributed by atoms with van der Waals surface area (Å²) >= 11 is 0. The van der Waals surface area contributed by atoms with E-state index >= 15 is 0 Å². The van der Waals surface area contributed by atoms with Crippen molar-refractivity contribution in [2.75, 3.05) is 13.2 Å². The third-order valence-corrected chi connectivity index (χ3v) is 2.53. The Balaban J connectivity index is 3.04. The van der Waals surface area contributed by atoms with E-state index in [9.17, 15) is 0 Å². The van der Waals surface area contributed by atoms with Crippen LogP contribution in [-0.4, -0.2) is 13.2 Å². The molecule has 0 aromatic heterocycles. The third kappa shape index (κ3) is 3.39. The van der Waals surface area contributed by atoms with Crippen LogP contribution in [0, 0.1) is 11.3 Å². The molecule has 0 aliphatic rings. The van der Waals surface area contributed by atoms with Crippen LogP contribution in [-0.2, 0) is 0 Å². The molecule has 0 amide bonds. The molecule has 92 valence electrons. The Morgan fingerprint density at radius 3 is 2.29 bits per heavy atom. The van der Waals surface area contributed by atoms with Crippen molar-refractivity contribution in [1.82, 2.24) is 0 Å². The molecule has 17 heavy (non-hydrogen) atoms. The maximum Gasteiger partial charge on any atom is 0.161 e. The number of hydrogen-bond donors (Lipinski definition) is 0. The molecule has 0 bridgehead atoms. The van der Waals surface area contributed by atoms with Gasteiger partial charge in [-0.05, 0) is 38.0 Å². The van der Waals surface area contributed by atoms with Gasteiger partial charge < -0.3 is 9.47 Å². The van der Waals surface area contributed by atoms with Crippen LogP contribution in [0.15, 0.2) is 18.2 Å². The molecule has 0 saturated heterocycles. The van der Waals surface area contributed by atoms with Gasteiger partial charge in [0.1, 0.15) is 0 Å². The van der Waals surface area contributed by atoms with E-state index in [0.717, 1.165) is 23.5 Å². The van der Waals surface area contributed by atoms with E-state index in [1.807, 2.05) is 39.0 Å². The first-order chi connectivity index (χ1) is 8.26. The van der Waals surface area contributed by atoms with E-state index < -0.39 is 0 Å². The summed E-state index contributed by atoms with van der Waals surface area (Å²) in [7, 11) is 0. The third-order valence-electron chi connectivity index (χ3n) is 2.53. The maximum absolute atomic E-state index is 9.05. The molecule has 0 aliphatic heterocycles. The van der Waals surface area contributed by atoms with Gasteiger partial charge in [0.05, 0.1) is 25.2 Å². The van der Waals surface area contributed by atoms with E-state index in [1.54, 1.807) is 0 Å². The van der Waals surface area contributed by atoms with Crippen LogP contribution in [0.4, 0.5) is 0 Å². The van der Waals surface area contributed by atoms with E-state index in [4.69, 9.17) is 14.7 Å². The Hall–Kier alpha value is -1.69. The zero-order valence-corrected chi connectivity index (χ0v) is 10.7. The van der Waals surface area contributed by atoms with Gasteiger partial charge in [0.15, 0.2) is 11.5 Å². The lowest BCUT2D eigenvalue weighted by Gasteiger charge is -2.14. The average Bonchev–Trinajstić information content (AvgIpc) is 2.34. The Kier molecular flexibility index (Phi) is 5.35. The summed E-state index contributed by atoms with van der Waals surface area (Å²) in [5.74, 6) is 1.39.